The summed E-state index contributed by atoms with van der Waals surface area (Å²) < 4.78 is 30.0. The maximum atomic E-state index is 12.6. The molecule has 0 aromatic heterocycles. The number of carbonyl (C=O) groups is 2. The number of fused-ring (bicyclic) bond motifs is 1. The first-order valence-corrected chi connectivity index (χ1v) is 7.00. The van der Waals surface area contributed by atoms with Crippen molar-refractivity contribution in [1.82, 2.24) is 0 Å². The molecule has 4 nitrogen and oxygen atoms in total. The Morgan fingerprint density at radius 3 is 2.14 bits per heavy atom. The number of hydrogen-bond donors (Lipinski definition) is 0. The van der Waals surface area contributed by atoms with Crippen LogP contribution in [0, 0.1) is 0 Å². The summed E-state index contributed by atoms with van der Waals surface area (Å²) in [6, 6.07) is 10.5. The van der Waals surface area contributed by atoms with E-state index in [4.69, 9.17) is 0 Å². The number of benzene rings is 2. The van der Waals surface area contributed by atoms with Crippen LogP contribution in [0.15, 0.2) is 46.9 Å². The maximum Gasteiger partial charge on any atom is 0.387 e. The van der Waals surface area contributed by atoms with Gasteiger partial charge >= 0.3 is 6.61 Å². The Morgan fingerprint density at radius 1 is 1.00 bits per heavy atom. The van der Waals surface area contributed by atoms with Gasteiger partial charge in [0.15, 0.2) is 5.75 Å². The predicted molar refractivity (Wildman–Crippen MR) is 78.4 cm³/mol. The molecular weight excluding hydrogens is 360 g/mol. The van der Waals surface area contributed by atoms with Crippen molar-refractivity contribution in [1.29, 1.82) is 0 Å². The Labute approximate surface area is 132 Å². The summed E-state index contributed by atoms with van der Waals surface area (Å²) in [6.45, 7) is -3.07. The third-order valence-corrected chi connectivity index (χ3v) is 3.67. The molecule has 0 spiro atoms. The Kier molecular flexibility index (Phi) is 3.66. The zero-order valence-electron chi connectivity index (χ0n) is 10.9. The maximum absolute atomic E-state index is 12.6. The zero-order valence-corrected chi connectivity index (χ0v) is 12.5. The highest BCUT2D eigenvalue weighted by atomic mass is 79.9. The molecule has 0 saturated heterocycles. The fourth-order valence-corrected chi connectivity index (χ4v) is 2.61. The quantitative estimate of drug-likeness (QED) is 0.774. The smallest absolute Gasteiger partial charge is 0.387 e. The second-order valence-corrected chi connectivity index (χ2v) is 5.40. The molecule has 2 amide bonds. The fourth-order valence-electron chi connectivity index (χ4n) is 2.27. The van der Waals surface area contributed by atoms with Crippen molar-refractivity contribution in [3.05, 3.63) is 58.1 Å². The Bertz CT molecular complexity index is 744. The Balaban J connectivity index is 2.10. The van der Waals surface area contributed by atoms with Crippen LogP contribution in [0.1, 0.15) is 20.7 Å². The first-order valence-electron chi connectivity index (χ1n) is 6.21. The van der Waals surface area contributed by atoms with Gasteiger partial charge in [-0.05, 0) is 30.3 Å². The van der Waals surface area contributed by atoms with Gasteiger partial charge < -0.3 is 4.74 Å². The van der Waals surface area contributed by atoms with Crippen LogP contribution in [0.5, 0.6) is 5.75 Å². The molecular formula is C15H8BrF2NO3. The number of rotatable bonds is 3. The van der Waals surface area contributed by atoms with E-state index in [1.54, 1.807) is 12.1 Å². The number of carbonyl (C=O) groups excluding carboxylic acids is 2. The van der Waals surface area contributed by atoms with Crippen LogP contribution >= 0.6 is 15.9 Å². The number of hydrogen-bond acceptors (Lipinski definition) is 3. The second-order valence-electron chi connectivity index (χ2n) is 4.48. The van der Waals surface area contributed by atoms with Gasteiger partial charge in [-0.25, -0.2) is 4.90 Å². The summed E-state index contributed by atoms with van der Waals surface area (Å²) >= 11 is 3.14. The molecule has 3 rings (SSSR count). The Morgan fingerprint density at radius 2 is 1.59 bits per heavy atom. The normalized spacial score (nSPS) is 13.7. The third-order valence-electron chi connectivity index (χ3n) is 3.17. The first kappa shape index (κ1) is 14.6. The molecule has 2 aromatic carbocycles. The van der Waals surface area contributed by atoms with E-state index in [0.717, 1.165) is 4.90 Å². The third kappa shape index (κ3) is 2.37. The van der Waals surface area contributed by atoms with Gasteiger partial charge in [-0.15, -0.1) is 0 Å². The van der Waals surface area contributed by atoms with Crippen LogP contribution in [-0.2, 0) is 0 Å². The SMILES string of the molecule is O=C1c2ccccc2C(=O)N1c1ccc(Br)cc1OC(F)F. The largest absolute Gasteiger partial charge is 0.433 e. The molecule has 0 radical (unpaired) electrons. The van der Waals surface area contributed by atoms with Crippen LogP contribution in [-0.4, -0.2) is 18.4 Å². The summed E-state index contributed by atoms with van der Waals surface area (Å²) in [4.78, 5) is 25.6. The highest BCUT2D eigenvalue weighted by molar-refractivity contribution is 9.10. The summed E-state index contributed by atoms with van der Waals surface area (Å²) in [6.07, 6.45) is 0. The monoisotopic (exact) mass is 367 g/mol. The van der Waals surface area contributed by atoms with Crippen molar-refractivity contribution < 1.29 is 23.1 Å². The van der Waals surface area contributed by atoms with Crippen LogP contribution in [0.2, 0.25) is 0 Å². The lowest BCUT2D eigenvalue weighted by Gasteiger charge is -2.18. The van der Waals surface area contributed by atoms with Gasteiger partial charge in [0.2, 0.25) is 0 Å². The van der Waals surface area contributed by atoms with Gasteiger partial charge in [-0.2, -0.15) is 8.78 Å². The molecule has 22 heavy (non-hydrogen) atoms. The zero-order chi connectivity index (χ0) is 15.9. The van der Waals surface area contributed by atoms with E-state index in [2.05, 4.69) is 20.7 Å². The molecule has 0 fully saturated rings. The Hall–Kier alpha value is -2.28. The average molecular weight is 368 g/mol. The molecule has 1 aliphatic heterocycles. The molecule has 0 aliphatic carbocycles. The van der Waals surface area contributed by atoms with Crippen LogP contribution in [0.3, 0.4) is 0 Å². The van der Waals surface area contributed by atoms with Crippen molar-refractivity contribution in [3.8, 4) is 5.75 Å². The molecule has 0 atom stereocenters. The van der Waals surface area contributed by atoms with Crippen LogP contribution in [0.25, 0.3) is 0 Å². The number of halogens is 3. The van der Waals surface area contributed by atoms with E-state index in [9.17, 15) is 18.4 Å². The van der Waals surface area contributed by atoms with Crippen LogP contribution < -0.4 is 9.64 Å². The minimum Gasteiger partial charge on any atom is -0.433 e. The van der Waals surface area contributed by atoms with Crippen molar-refractivity contribution in [2.24, 2.45) is 0 Å². The van der Waals surface area contributed by atoms with E-state index in [1.807, 2.05) is 0 Å². The molecule has 0 N–H and O–H groups in total. The molecule has 0 saturated carbocycles. The number of nitrogens with zero attached hydrogens (tertiary/aromatic N) is 1. The standard InChI is InChI=1S/C15H8BrF2NO3/c16-8-5-6-11(12(7-8)22-15(17)18)19-13(20)9-3-1-2-4-10(9)14(19)21/h1-7,15H. The molecule has 7 heteroatoms. The summed E-state index contributed by atoms with van der Waals surface area (Å²) in [5, 5.41) is 0. The summed E-state index contributed by atoms with van der Waals surface area (Å²) in [5.74, 6) is -1.39. The number of ether oxygens (including phenoxy) is 1. The van der Waals surface area contributed by atoms with Crippen molar-refractivity contribution in [2.75, 3.05) is 4.90 Å². The highest BCUT2D eigenvalue weighted by Crippen LogP contribution is 2.37. The molecule has 1 heterocycles. The van der Waals surface area contributed by atoms with Crippen LogP contribution in [0.4, 0.5) is 14.5 Å². The van der Waals surface area contributed by atoms with Gasteiger partial charge in [0.25, 0.3) is 11.8 Å². The molecule has 112 valence electrons. The summed E-state index contributed by atoms with van der Waals surface area (Å²) in [7, 11) is 0. The van der Waals surface area contributed by atoms with E-state index in [-0.39, 0.29) is 22.6 Å². The summed E-state index contributed by atoms with van der Waals surface area (Å²) in [5.41, 5.74) is 0.450. The predicted octanol–water partition coefficient (Wildman–Crippen LogP) is 3.85. The topological polar surface area (TPSA) is 46.6 Å². The van der Waals surface area contributed by atoms with E-state index < -0.39 is 18.4 Å². The molecule has 1 aliphatic rings. The van der Waals surface area contributed by atoms with E-state index in [1.165, 1.54) is 30.3 Å². The van der Waals surface area contributed by atoms with Gasteiger partial charge in [0.05, 0.1) is 16.8 Å². The van der Waals surface area contributed by atoms with Crippen molar-refractivity contribution in [3.63, 3.8) is 0 Å². The number of imide groups is 1. The number of anilines is 1. The lowest BCUT2D eigenvalue weighted by atomic mass is 10.1. The van der Waals surface area contributed by atoms with Gasteiger partial charge in [0, 0.05) is 4.47 Å². The minimum absolute atomic E-state index is 0.0188. The van der Waals surface area contributed by atoms with Gasteiger partial charge in [-0.1, -0.05) is 28.1 Å². The fraction of sp³-hybridized carbons (Fsp3) is 0.0667. The highest BCUT2D eigenvalue weighted by Gasteiger charge is 2.38. The first-order chi connectivity index (χ1) is 10.5. The molecule has 0 bridgehead atoms. The van der Waals surface area contributed by atoms with E-state index in [0.29, 0.717) is 4.47 Å². The lowest BCUT2D eigenvalue weighted by Crippen LogP contribution is -2.30. The van der Waals surface area contributed by atoms with E-state index >= 15 is 0 Å². The van der Waals surface area contributed by atoms with Crippen molar-refractivity contribution in [2.45, 2.75) is 6.61 Å². The molecule has 0 unspecified atom stereocenters. The number of amides is 2. The second kappa shape index (κ2) is 5.49. The molecule has 2 aromatic rings. The van der Waals surface area contributed by atoms with Gasteiger partial charge in [-0.3, -0.25) is 9.59 Å². The van der Waals surface area contributed by atoms with Crippen molar-refractivity contribution >= 4 is 33.4 Å². The number of alkyl halides is 2. The lowest BCUT2D eigenvalue weighted by molar-refractivity contribution is -0.0495. The minimum atomic E-state index is -3.07. The average Bonchev–Trinajstić information content (AvgIpc) is 2.72. The van der Waals surface area contributed by atoms with Gasteiger partial charge in [0.1, 0.15) is 0 Å².